The molecule has 2 N–H and O–H groups in total. The summed E-state index contributed by atoms with van der Waals surface area (Å²) in [6.45, 7) is 13.6. The number of carbonyl (C=O) groups is 3. The van der Waals surface area contributed by atoms with Gasteiger partial charge in [-0.2, -0.15) is 0 Å². The normalized spacial score (nSPS) is 14.7. The Balaban J connectivity index is 2.20. The first-order valence-electron chi connectivity index (χ1n) is 13.8. The second kappa shape index (κ2) is 15.1. The van der Waals surface area contributed by atoms with Gasteiger partial charge in [-0.1, -0.05) is 51.1 Å². The van der Waals surface area contributed by atoms with Gasteiger partial charge in [0.1, 0.15) is 22.4 Å². The number of carboxylic acid groups (broad SMARTS) is 1. The minimum atomic E-state index is -0.904. The Morgan fingerprint density at radius 3 is 2.30 bits per heavy atom. The van der Waals surface area contributed by atoms with Crippen molar-refractivity contribution in [3.8, 4) is 0 Å². The molecule has 0 bridgehead atoms. The van der Waals surface area contributed by atoms with Crippen LogP contribution in [0, 0.1) is 11.8 Å². The van der Waals surface area contributed by atoms with Crippen molar-refractivity contribution >= 4 is 29.3 Å². The first-order valence-corrected chi connectivity index (χ1v) is 14.7. The molecule has 2 unspecified atom stereocenters. The van der Waals surface area contributed by atoms with Crippen molar-refractivity contribution in [2.75, 3.05) is 13.7 Å². The molecule has 2 aromatic rings. The van der Waals surface area contributed by atoms with Crippen LogP contribution < -0.4 is 5.32 Å². The molecule has 1 aromatic carbocycles. The van der Waals surface area contributed by atoms with Crippen LogP contribution in [0.2, 0.25) is 0 Å². The number of aromatic nitrogens is 1. The summed E-state index contributed by atoms with van der Waals surface area (Å²) < 4.78 is 11.6. The lowest BCUT2D eigenvalue weighted by Gasteiger charge is -2.34. The molecule has 2 amide bonds. The van der Waals surface area contributed by atoms with E-state index in [0.717, 1.165) is 5.56 Å². The van der Waals surface area contributed by atoms with Gasteiger partial charge in [0.05, 0.1) is 5.92 Å². The highest BCUT2D eigenvalue weighted by Crippen LogP contribution is 2.30. The molecule has 1 heterocycles. The van der Waals surface area contributed by atoms with E-state index in [9.17, 15) is 19.5 Å². The van der Waals surface area contributed by atoms with Gasteiger partial charge in [-0.05, 0) is 52.0 Å². The topological polar surface area (TPSA) is 118 Å². The molecule has 0 aliphatic heterocycles. The van der Waals surface area contributed by atoms with Gasteiger partial charge >= 0.3 is 12.1 Å². The summed E-state index contributed by atoms with van der Waals surface area (Å²) in [4.78, 5) is 43.7. The van der Waals surface area contributed by atoms with E-state index in [1.54, 1.807) is 24.3 Å². The largest absolute Gasteiger partial charge is 0.481 e. The molecular weight excluding hydrogens is 530 g/mol. The lowest BCUT2D eigenvalue weighted by molar-refractivity contribution is -0.141. The summed E-state index contributed by atoms with van der Waals surface area (Å²) in [7, 11) is 1.73. The van der Waals surface area contributed by atoms with E-state index in [2.05, 4.69) is 10.3 Å². The molecule has 40 heavy (non-hydrogen) atoms. The highest BCUT2D eigenvalue weighted by atomic mass is 32.1. The van der Waals surface area contributed by atoms with Crippen molar-refractivity contribution < 1.29 is 29.0 Å². The van der Waals surface area contributed by atoms with Crippen LogP contribution >= 0.6 is 11.3 Å². The minimum absolute atomic E-state index is 0.123. The fourth-order valence-corrected chi connectivity index (χ4v) is 5.29. The molecule has 222 valence electrons. The second-order valence-electron chi connectivity index (χ2n) is 11.5. The van der Waals surface area contributed by atoms with E-state index in [1.807, 2.05) is 71.9 Å². The van der Waals surface area contributed by atoms with Crippen LogP contribution in [0.3, 0.4) is 0 Å². The standard InChI is InChI=1S/C30H45N3O6S/c1-9-38-25(17-24(19(2)3)33(8)29(37)39-30(5,6)7)27-32-23(18-40-27)26(34)31-22(15-20(4)28(35)36)16-21-13-11-10-12-14-21/h10-14,18-20,22,24-25H,9,15-17H2,1-8H3,(H,31,34)(H,35,36)/t20?,22?,24-,25-/m1/s1. The third-order valence-corrected chi connectivity index (χ3v) is 7.46. The average molecular weight is 576 g/mol. The number of benzene rings is 1. The number of nitrogens with zero attached hydrogens (tertiary/aromatic N) is 2. The molecule has 0 saturated carbocycles. The zero-order valence-corrected chi connectivity index (χ0v) is 25.8. The van der Waals surface area contributed by atoms with Gasteiger partial charge in [0.25, 0.3) is 5.91 Å². The number of hydrogen-bond acceptors (Lipinski definition) is 7. The van der Waals surface area contributed by atoms with Crippen molar-refractivity contribution in [2.24, 2.45) is 11.8 Å². The van der Waals surface area contributed by atoms with E-state index < -0.39 is 29.7 Å². The molecule has 2 rings (SSSR count). The Kier molecular flexibility index (Phi) is 12.6. The van der Waals surface area contributed by atoms with Crippen molar-refractivity contribution in [2.45, 2.75) is 91.5 Å². The quantitative estimate of drug-likeness (QED) is 0.286. The zero-order valence-electron chi connectivity index (χ0n) is 25.0. The van der Waals surface area contributed by atoms with Crippen LogP contribution in [0.4, 0.5) is 4.79 Å². The maximum Gasteiger partial charge on any atom is 0.410 e. The number of amides is 2. The third kappa shape index (κ3) is 10.5. The van der Waals surface area contributed by atoms with Gasteiger partial charge in [-0.3, -0.25) is 9.59 Å². The number of ether oxygens (including phenoxy) is 2. The lowest BCUT2D eigenvalue weighted by Crippen LogP contribution is -2.44. The molecule has 0 aliphatic carbocycles. The van der Waals surface area contributed by atoms with Crippen molar-refractivity contribution in [1.82, 2.24) is 15.2 Å². The predicted octanol–water partition coefficient (Wildman–Crippen LogP) is 5.95. The van der Waals surface area contributed by atoms with Gasteiger partial charge < -0.3 is 24.8 Å². The molecule has 0 spiro atoms. The van der Waals surface area contributed by atoms with Gasteiger partial charge in [0.2, 0.25) is 0 Å². The summed E-state index contributed by atoms with van der Waals surface area (Å²) in [6.07, 6.45) is 0.474. The Bertz CT molecular complexity index is 1100. The summed E-state index contributed by atoms with van der Waals surface area (Å²) in [6, 6.07) is 9.11. The first-order chi connectivity index (χ1) is 18.7. The summed E-state index contributed by atoms with van der Waals surface area (Å²) in [5, 5.41) is 14.8. The number of rotatable bonds is 14. The fraction of sp³-hybridized carbons (Fsp3) is 0.600. The van der Waals surface area contributed by atoms with Crippen molar-refractivity contribution in [3.63, 3.8) is 0 Å². The highest BCUT2D eigenvalue weighted by molar-refractivity contribution is 7.09. The SMILES string of the molecule is CCO[C@H](C[C@H](C(C)C)N(C)C(=O)OC(C)(C)C)c1nc(C(=O)NC(Cc2ccccc2)CC(C)C(=O)O)cs1. The fourth-order valence-electron chi connectivity index (χ4n) is 4.43. The molecule has 1 aromatic heterocycles. The smallest absolute Gasteiger partial charge is 0.410 e. The molecule has 0 radical (unpaired) electrons. The molecular formula is C30H45N3O6S. The number of carbonyl (C=O) groups excluding carboxylic acids is 2. The lowest BCUT2D eigenvalue weighted by atomic mass is 9.96. The van der Waals surface area contributed by atoms with Crippen LogP contribution in [0.1, 0.15) is 88.5 Å². The summed E-state index contributed by atoms with van der Waals surface area (Å²) in [5.74, 6) is -1.75. The Hall–Kier alpha value is -2.98. The van der Waals surface area contributed by atoms with Gasteiger partial charge in [0.15, 0.2) is 0 Å². The summed E-state index contributed by atoms with van der Waals surface area (Å²) in [5.41, 5.74) is 0.659. The number of nitrogens with one attached hydrogen (secondary N) is 1. The number of aliphatic carboxylic acids is 1. The first kappa shape index (κ1) is 33.2. The highest BCUT2D eigenvalue weighted by Gasteiger charge is 2.32. The van der Waals surface area contributed by atoms with Crippen LogP contribution in [0.25, 0.3) is 0 Å². The van der Waals surface area contributed by atoms with Gasteiger partial charge in [-0.25, -0.2) is 9.78 Å². The molecule has 0 saturated heterocycles. The number of thiazole rings is 1. The Morgan fingerprint density at radius 2 is 1.75 bits per heavy atom. The third-order valence-electron chi connectivity index (χ3n) is 6.52. The monoisotopic (exact) mass is 575 g/mol. The van der Waals surface area contributed by atoms with E-state index >= 15 is 0 Å². The van der Waals surface area contributed by atoms with E-state index in [4.69, 9.17) is 9.47 Å². The molecule has 9 nitrogen and oxygen atoms in total. The van der Waals surface area contributed by atoms with Crippen LogP contribution in [-0.4, -0.2) is 64.3 Å². The number of hydrogen-bond donors (Lipinski definition) is 2. The van der Waals surface area contributed by atoms with E-state index in [1.165, 1.54) is 11.3 Å². The van der Waals surface area contributed by atoms with E-state index in [0.29, 0.717) is 30.9 Å². The van der Waals surface area contributed by atoms with Crippen molar-refractivity contribution in [1.29, 1.82) is 0 Å². The Labute approximate surface area is 242 Å². The maximum absolute atomic E-state index is 13.2. The summed E-state index contributed by atoms with van der Waals surface area (Å²) >= 11 is 1.33. The average Bonchev–Trinajstić information content (AvgIpc) is 3.36. The van der Waals surface area contributed by atoms with Gasteiger partial charge in [-0.15, -0.1) is 11.3 Å². The van der Waals surface area contributed by atoms with Crippen LogP contribution in [0.5, 0.6) is 0 Å². The molecule has 0 aliphatic rings. The van der Waals surface area contributed by atoms with E-state index in [-0.39, 0.29) is 29.6 Å². The minimum Gasteiger partial charge on any atom is -0.481 e. The number of carboxylic acids is 1. The molecule has 0 fully saturated rings. The second-order valence-corrected chi connectivity index (χ2v) is 12.4. The Morgan fingerprint density at radius 1 is 1.10 bits per heavy atom. The molecule has 10 heteroatoms. The van der Waals surface area contributed by atoms with Crippen LogP contribution in [-0.2, 0) is 20.7 Å². The van der Waals surface area contributed by atoms with Gasteiger partial charge in [0, 0.05) is 37.5 Å². The van der Waals surface area contributed by atoms with Crippen molar-refractivity contribution in [3.05, 3.63) is 52.0 Å². The maximum atomic E-state index is 13.2. The zero-order chi connectivity index (χ0) is 30.0. The van der Waals surface area contributed by atoms with Crippen LogP contribution in [0.15, 0.2) is 35.7 Å². The molecule has 4 atom stereocenters. The predicted molar refractivity (Wildman–Crippen MR) is 157 cm³/mol.